The number of piperidine rings is 1. The standard InChI is InChI=1S/C51H79NO13/c1-30-16-12-11-13-17-31(2)42(61-8)28-38-21-19-32(3)48(57)51(60,65-38)50(59)52-23-15-14-18-39(52)49(58)64-43(34(5)26-37-20-22-40(53)44(27-37)62-9)29-41(54)33(4)25-36(7)46(56)47(63-10)45(55)35(6)24-30/h11-13,16-17,25,30,32-35,37-40,42-44,46-47,53,56,60H,14-15,18-24,26-29H2,1-10H3/b13-11+,16-12+,31-17?,36-25+/t30-,32-,33-,34-,35-,37+,38+,39+,40-,42+,43+,44-,46-,47+,51-/m1/s1. The van der Waals surface area contributed by atoms with Gasteiger partial charge in [-0.3, -0.25) is 19.2 Å². The Hall–Kier alpha value is -3.37. The predicted octanol–water partition coefficient (Wildman–Crippen LogP) is 6.18. The Kier molecular flexibility index (Phi) is 21.0. The Balaban J connectivity index is 1.74. The van der Waals surface area contributed by atoms with E-state index in [0.717, 1.165) is 12.0 Å². The second kappa shape index (κ2) is 25.1. The molecule has 65 heavy (non-hydrogen) atoms. The van der Waals surface area contributed by atoms with Gasteiger partial charge in [0.2, 0.25) is 5.78 Å². The maximum Gasteiger partial charge on any atom is 0.329 e. The fourth-order valence-corrected chi connectivity index (χ4v) is 10.1. The first kappa shape index (κ1) is 54.2. The van der Waals surface area contributed by atoms with Gasteiger partial charge in [0.1, 0.15) is 30.1 Å². The molecule has 0 spiro atoms. The van der Waals surface area contributed by atoms with E-state index in [2.05, 4.69) is 0 Å². The third-order valence-corrected chi connectivity index (χ3v) is 14.4. The first-order valence-corrected chi connectivity index (χ1v) is 23.9. The van der Waals surface area contributed by atoms with E-state index in [1.165, 1.54) is 12.0 Å². The average molecular weight is 914 g/mol. The minimum atomic E-state index is -2.85. The van der Waals surface area contributed by atoms with E-state index in [1.54, 1.807) is 41.1 Å². The molecule has 0 aromatic heterocycles. The minimum absolute atomic E-state index is 0.0147. The number of amides is 1. The van der Waals surface area contributed by atoms with E-state index in [-0.39, 0.29) is 61.2 Å². The summed E-state index contributed by atoms with van der Waals surface area (Å²) in [5, 5.41) is 34.1. The highest BCUT2D eigenvalue weighted by molar-refractivity contribution is 6.09. The zero-order chi connectivity index (χ0) is 48.2. The van der Waals surface area contributed by atoms with E-state index >= 15 is 0 Å². The van der Waals surface area contributed by atoms with Crippen molar-refractivity contribution in [2.75, 3.05) is 27.9 Å². The summed E-state index contributed by atoms with van der Waals surface area (Å²) in [6.45, 7) is 12.7. The summed E-state index contributed by atoms with van der Waals surface area (Å²) in [7, 11) is 4.51. The number of cyclic esters (lactones) is 1. The van der Waals surface area contributed by atoms with Crippen molar-refractivity contribution in [1.82, 2.24) is 4.90 Å². The second-order valence-corrected chi connectivity index (χ2v) is 19.6. The van der Waals surface area contributed by atoms with E-state index in [0.29, 0.717) is 56.9 Å². The molecule has 3 aliphatic heterocycles. The molecule has 2 bridgehead atoms. The van der Waals surface area contributed by atoms with Crippen LogP contribution in [0.3, 0.4) is 0 Å². The van der Waals surface area contributed by atoms with Crippen LogP contribution < -0.4 is 0 Å². The molecule has 3 N–H and O–H groups in total. The quantitative estimate of drug-likeness (QED) is 0.156. The lowest BCUT2D eigenvalue weighted by Gasteiger charge is -2.40. The molecule has 3 heterocycles. The number of nitrogens with zero attached hydrogens (tertiary/aromatic N) is 1. The molecule has 366 valence electrons. The molecule has 15 atom stereocenters. The number of aliphatic hydroxyl groups is 3. The highest BCUT2D eigenvalue weighted by atomic mass is 16.6. The monoisotopic (exact) mass is 914 g/mol. The molecule has 1 aliphatic carbocycles. The van der Waals surface area contributed by atoms with Crippen LogP contribution in [0.2, 0.25) is 0 Å². The number of carbonyl (C=O) groups excluding carboxylic acids is 5. The predicted molar refractivity (Wildman–Crippen MR) is 245 cm³/mol. The molecule has 14 heteroatoms. The van der Waals surface area contributed by atoms with E-state index in [4.69, 9.17) is 23.7 Å². The number of aliphatic hydroxyl groups excluding tert-OH is 2. The van der Waals surface area contributed by atoms with Crippen molar-refractivity contribution in [3.63, 3.8) is 0 Å². The van der Waals surface area contributed by atoms with Crippen molar-refractivity contribution in [3.8, 4) is 0 Å². The van der Waals surface area contributed by atoms with Crippen LogP contribution >= 0.6 is 0 Å². The van der Waals surface area contributed by atoms with Gasteiger partial charge in [-0.15, -0.1) is 0 Å². The third kappa shape index (κ3) is 14.3. The van der Waals surface area contributed by atoms with Gasteiger partial charge in [0, 0.05) is 58.5 Å². The van der Waals surface area contributed by atoms with Gasteiger partial charge < -0.3 is 43.9 Å². The van der Waals surface area contributed by atoms with Crippen LogP contribution in [0.25, 0.3) is 0 Å². The van der Waals surface area contributed by atoms with Crippen molar-refractivity contribution in [2.45, 2.75) is 180 Å². The average Bonchev–Trinajstić information content (AvgIpc) is 3.39. The summed E-state index contributed by atoms with van der Waals surface area (Å²) in [6.07, 6.45) is 10.7. The number of esters is 1. The van der Waals surface area contributed by atoms with Crippen LogP contribution in [0, 0.1) is 35.5 Å². The molecular formula is C51H79NO13. The molecule has 1 saturated carbocycles. The Bertz CT molecular complexity index is 1760. The summed E-state index contributed by atoms with van der Waals surface area (Å²) < 4.78 is 29.5. The summed E-state index contributed by atoms with van der Waals surface area (Å²) in [6, 6.07) is -1.16. The smallest absolute Gasteiger partial charge is 0.329 e. The Labute approximate surface area is 387 Å². The number of fused-ring (bicyclic) bond motifs is 3. The second-order valence-electron chi connectivity index (χ2n) is 19.6. The SMILES string of the molecule is CO[C@H]1C[C@@H]2CC[C@@H](C)C(=O)[C@@](O)(O2)C(=O)N2CCCC[C@H]2C(=O)O[C@H]([C@H](C)C[C@@H]2CC[C@@H](O)[C@H](OC)C2)CC(=O)[C@H](C)/C=C(\C)[C@@H](O)[C@@H](OC)C(=O)[C@H](C)C[C@H](C)/C=C/C=C/C=C1C. The zero-order valence-electron chi connectivity index (χ0n) is 40.6. The maximum absolute atomic E-state index is 14.6. The van der Waals surface area contributed by atoms with Crippen LogP contribution in [0.5, 0.6) is 0 Å². The van der Waals surface area contributed by atoms with Crippen LogP contribution in [0.15, 0.2) is 47.6 Å². The molecule has 4 aliphatic rings. The lowest BCUT2D eigenvalue weighted by molar-refractivity contribution is -0.231. The van der Waals surface area contributed by atoms with Gasteiger partial charge >= 0.3 is 11.8 Å². The molecule has 2 saturated heterocycles. The normalized spacial score (nSPS) is 39.6. The van der Waals surface area contributed by atoms with Gasteiger partial charge in [-0.05, 0) is 107 Å². The number of allylic oxidation sites excluding steroid dienone is 6. The van der Waals surface area contributed by atoms with E-state index in [1.807, 2.05) is 58.1 Å². The molecule has 0 aromatic rings. The van der Waals surface area contributed by atoms with E-state index in [9.17, 15) is 39.3 Å². The molecule has 0 aromatic carbocycles. The Morgan fingerprint density at radius 3 is 2.23 bits per heavy atom. The lowest BCUT2D eigenvalue weighted by atomic mass is 9.78. The summed E-state index contributed by atoms with van der Waals surface area (Å²) >= 11 is 0. The van der Waals surface area contributed by atoms with Gasteiger partial charge in [0.25, 0.3) is 5.91 Å². The molecule has 4 rings (SSSR count). The van der Waals surface area contributed by atoms with Gasteiger partial charge in [-0.2, -0.15) is 0 Å². The van der Waals surface area contributed by atoms with Gasteiger partial charge in [0.05, 0.1) is 24.4 Å². The fraction of sp³-hybridized carbons (Fsp3) is 0.745. The minimum Gasteiger partial charge on any atom is -0.460 e. The van der Waals surface area contributed by atoms with Crippen LogP contribution in [-0.2, 0) is 47.7 Å². The maximum atomic E-state index is 14.6. The van der Waals surface area contributed by atoms with Gasteiger partial charge in [-0.1, -0.05) is 71.1 Å². The third-order valence-electron chi connectivity index (χ3n) is 14.4. The number of hydrogen-bond donors (Lipinski definition) is 3. The summed E-state index contributed by atoms with van der Waals surface area (Å²) in [4.78, 5) is 72.1. The molecule has 0 unspecified atom stereocenters. The first-order chi connectivity index (χ1) is 30.7. The van der Waals surface area contributed by atoms with Crippen molar-refractivity contribution in [2.24, 2.45) is 35.5 Å². The molecule has 0 radical (unpaired) electrons. The molecule has 14 nitrogen and oxygen atoms in total. The summed E-state index contributed by atoms with van der Waals surface area (Å²) in [5.41, 5.74) is 1.24. The van der Waals surface area contributed by atoms with Crippen LogP contribution in [0.4, 0.5) is 0 Å². The number of ether oxygens (including phenoxy) is 5. The number of ketones is 3. The lowest BCUT2D eigenvalue weighted by Crippen LogP contribution is -2.62. The number of rotatable bonds is 6. The fourth-order valence-electron chi connectivity index (χ4n) is 10.1. The number of methoxy groups -OCH3 is 3. The van der Waals surface area contributed by atoms with Gasteiger partial charge in [-0.25, -0.2) is 4.79 Å². The Morgan fingerprint density at radius 1 is 0.831 bits per heavy atom. The molecular weight excluding hydrogens is 835 g/mol. The van der Waals surface area contributed by atoms with Crippen molar-refractivity contribution >= 4 is 29.2 Å². The van der Waals surface area contributed by atoms with Crippen molar-refractivity contribution in [1.29, 1.82) is 0 Å². The van der Waals surface area contributed by atoms with Crippen LogP contribution in [-0.4, -0.2) is 132 Å². The van der Waals surface area contributed by atoms with Crippen molar-refractivity contribution in [3.05, 3.63) is 47.6 Å². The highest BCUT2D eigenvalue weighted by Gasteiger charge is 2.55. The topological polar surface area (TPSA) is 195 Å². The van der Waals surface area contributed by atoms with Crippen LogP contribution in [0.1, 0.15) is 126 Å². The summed E-state index contributed by atoms with van der Waals surface area (Å²) in [5.74, 6) is -8.01. The highest BCUT2D eigenvalue weighted by Crippen LogP contribution is 2.36. The first-order valence-electron chi connectivity index (χ1n) is 23.9. The number of Topliss-reactive ketones (excluding diaryl/α,β-unsaturated/α-hetero) is 3. The number of hydrogen-bond acceptors (Lipinski definition) is 13. The zero-order valence-corrected chi connectivity index (χ0v) is 40.6. The molecule has 3 fully saturated rings. The van der Waals surface area contributed by atoms with Crippen molar-refractivity contribution < 1.29 is 63.0 Å². The Morgan fingerprint density at radius 2 is 1.55 bits per heavy atom. The number of carbonyl (C=O) groups is 5. The van der Waals surface area contributed by atoms with E-state index < -0.39 is 83.9 Å². The molecule has 1 amide bonds. The van der Waals surface area contributed by atoms with Gasteiger partial charge in [0.15, 0.2) is 5.78 Å². The largest absolute Gasteiger partial charge is 0.460 e.